The molecular weight excluding hydrogens is 581 g/mol. The molecule has 2 aromatic rings. The van der Waals surface area contributed by atoms with E-state index in [0.29, 0.717) is 56.1 Å². The minimum absolute atomic E-state index is 0.0296. The van der Waals surface area contributed by atoms with Gasteiger partial charge >= 0.3 is 0 Å². The largest absolute Gasteiger partial charge is 0.490 e. The average Bonchev–Trinajstić information content (AvgIpc) is 2.97. The predicted molar refractivity (Wildman–Crippen MR) is 178 cm³/mol. The maximum atomic E-state index is 14.5. The van der Waals surface area contributed by atoms with Crippen molar-refractivity contribution in [1.29, 1.82) is 0 Å². The molecule has 1 aliphatic heterocycles. The summed E-state index contributed by atoms with van der Waals surface area (Å²) >= 11 is 0. The van der Waals surface area contributed by atoms with E-state index >= 15 is 0 Å². The third-order valence-corrected chi connectivity index (χ3v) is 9.23. The van der Waals surface area contributed by atoms with Gasteiger partial charge in [-0.1, -0.05) is 58.0 Å². The zero-order valence-corrected chi connectivity index (χ0v) is 28.3. The Labute approximate surface area is 273 Å². The van der Waals surface area contributed by atoms with Crippen LogP contribution < -0.4 is 9.47 Å². The Kier molecular flexibility index (Phi) is 9.92. The number of carbonyl (C=O) groups is 2. The van der Waals surface area contributed by atoms with E-state index in [-0.39, 0.29) is 34.8 Å². The standard InChI is InChI=1S/C39H48FNO5/c1-8-13-25-18-27(19-33(45-9-2)37(25)46-24-26-14-10-11-15-28(26)40)34-35-29(20-38(3,4)22-31(35)42)41(16-12-17-44-7)30-21-39(5,6)23-32(43)36(30)34/h8,10-11,14-15,18-19,34H,1,9,12-13,16-17,20-24H2,2-7H3. The molecule has 0 unspecified atom stereocenters. The number of carbonyl (C=O) groups excluding carboxylic acids is 2. The first kappa shape index (κ1) is 33.6. The normalized spacial score (nSPS) is 19.2. The second kappa shape index (κ2) is 13.6. The van der Waals surface area contributed by atoms with Crippen molar-refractivity contribution in [3.05, 3.63) is 94.1 Å². The quantitative estimate of drug-likeness (QED) is 0.174. The Bertz CT molecular complexity index is 1530. The van der Waals surface area contributed by atoms with Gasteiger partial charge in [-0.3, -0.25) is 9.59 Å². The molecule has 0 spiro atoms. The van der Waals surface area contributed by atoms with Crippen molar-refractivity contribution in [2.24, 2.45) is 10.8 Å². The van der Waals surface area contributed by atoms with E-state index in [1.165, 1.54) is 6.07 Å². The zero-order valence-electron chi connectivity index (χ0n) is 28.3. The monoisotopic (exact) mass is 629 g/mol. The van der Waals surface area contributed by atoms with Crippen molar-refractivity contribution in [3.63, 3.8) is 0 Å². The van der Waals surface area contributed by atoms with Crippen molar-refractivity contribution in [3.8, 4) is 11.5 Å². The highest BCUT2D eigenvalue weighted by molar-refractivity contribution is 6.06. The van der Waals surface area contributed by atoms with E-state index in [9.17, 15) is 14.0 Å². The summed E-state index contributed by atoms with van der Waals surface area (Å²) in [6.07, 6.45) is 5.35. The maximum absolute atomic E-state index is 14.5. The van der Waals surface area contributed by atoms with Gasteiger partial charge in [0.1, 0.15) is 12.4 Å². The molecule has 0 aromatic heterocycles. The molecule has 0 N–H and O–H groups in total. The Morgan fingerprint density at radius 1 is 0.935 bits per heavy atom. The molecular formula is C39H48FNO5. The zero-order chi connectivity index (χ0) is 33.2. The van der Waals surface area contributed by atoms with Crippen LogP contribution in [0.4, 0.5) is 4.39 Å². The molecule has 6 nitrogen and oxygen atoms in total. The van der Waals surface area contributed by atoms with Crippen LogP contribution in [0.25, 0.3) is 0 Å². The molecule has 46 heavy (non-hydrogen) atoms. The summed E-state index contributed by atoms with van der Waals surface area (Å²) in [5.41, 5.74) is 5.15. The highest BCUT2D eigenvalue weighted by atomic mass is 19.1. The first-order chi connectivity index (χ1) is 21.9. The molecule has 0 amide bonds. The number of ether oxygens (including phenoxy) is 3. The molecule has 2 aromatic carbocycles. The lowest BCUT2D eigenvalue weighted by atomic mass is 9.63. The molecule has 246 valence electrons. The number of methoxy groups -OCH3 is 1. The number of halogens is 1. The molecule has 0 fully saturated rings. The number of allylic oxidation sites excluding steroid dienone is 5. The van der Waals surface area contributed by atoms with Gasteiger partial charge in [0.25, 0.3) is 0 Å². The van der Waals surface area contributed by atoms with Gasteiger partial charge < -0.3 is 19.1 Å². The number of rotatable bonds is 12. The van der Waals surface area contributed by atoms with Crippen molar-refractivity contribution < 1.29 is 28.2 Å². The number of benzene rings is 2. The van der Waals surface area contributed by atoms with E-state index in [4.69, 9.17) is 14.2 Å². The molecule has 0 saturated heterocycles. The highest BCUT2D eigenvalue weighted by Crippen LogP contribution is 2.55. The van der Waals surface area contributed by atoms with E-state index in [0.717, 1.165) is 52.9 Å². The molecule has 0 saturated carbocycles. The molecule has 2 aliphatic carbocycles. The van der Waals surface area contributed by atoms with E-state index in [2.05, 4.69) is 39.2 Å². The summed E-state index contributed by atoms with van der Waals surface area (Å²) in [6, 6.07) is 10.5. The van der Waals surface area contributed by atoms with Crippen molar-refractivity contribution in [2.75, 3.05) is 26.9 Å². The Balaban J connectivity index is 1.71. The smallest absolute Gasteiger partial charge is 0.165 e. The maximum Gasteiger partial charge on any atom is 0.165 e. The van der Waals surface area contributed by atoms with Crippen LogP contribution in [0.15, 0.2) is 71.6 Å². The third kappa shape index (κ3) is 6.85. The van der Waals surface area contributed by atoms with Gasteiger partial charge in [0.2, 0.25) is 0 Å². The predicted octanol–water partition coefficient (Wildman–Crippen LogP) is 8.25. The summed E-state index contributed by atoms with van der Waals surface area (Å²) < 4.78 is 32.4. The van der Waals surface area contributed by atoms with Gasteiger partial charge in [-0.05, 0) is 61.1 Å². The van der Waals surface area contributed by atoms with Crippen LogP contribution in [-0.2, 0) is 27.4 Å². The second-order valence-corrected chi connectivity index (χ2v) is 14.3. The lowest BCUT2D eigenvalue weighted by Gasteiger charge is -2.49. The summed E-state index contributed by atoms with van der Waals surface area (Å²) in [5, 5.41) is 0. The summed E-state index contributed by atoms with van der Waals surface area (Å²) in [6.45, 7) is 16.2. The van der Waals surface area contributed by atoms with Crippen molar-refractivity contribution in [2.45, 2.75) is 85.7 Å². The molecule has 0 atom stereocenters. The first-order valence-corrected chi connectivity index (χ1v) is 16.5. The fraction of sp³-hybridized carbons (Fsp3) is 0.487. The van der Waals surface area contributed by atoms with Gasteiger partial charge in [0, 0.05) is 72.7 Å². The third-order valence-electron chi connectivity index (χ3n) is 9.23. The fourth-order valence-corrected chi connectivity index (χ4v) is 7.37. The van der Waals surface area contributed by atoms with E-state index in [1.807, 2.05) is 19.1 Å². The SMILES string of the molecule is C=CCc1cc(C2C3=C(CC(C)(C)CC3=O)N(CCCOC)C3=C2C(=O)CC(C)(C)C3)cc(OCC)c1OCc1ccccc1F. The Morgan fingerprint density at radius 2 is 1.57 bits per heavy atom. The van der Waals surface area contributed by atoms with Gasteiger partial charge in [-0.2, -0.15) is 0 Å². The molecule has 0 radical (unpaired) electrons. The molecule has 5 rings (SSSR count). The van der Waals surface area contributed by atoms with Gasteiger partial charge in [-0.25, -0.2) is 4.39 Å². The van der Waals surface area contributed by atoms with Gasteiger partial charge in [0.15, 0.2) is 23.1 Å². The van der Waals surface area contributed by atoms with Crippen LogP contribution >= 0.6 is 0 Å². The van der Waals surface area contributed by atoms with Crippen LogP contribution in [0.3, 0.4) is 0 Å². The highest BCUT2D eigenvalue weighted by Gasteiger charge is 2.49. The Morgan fingerprint density at radius 3 is 2.13 bits per heavy atom. The van der Waals surface area contributed by atoms with Crippen LogP contribution in [0.2, 0.25) is 0 Å². The molecule has 3 aliphatic rings. The minimum atomic E-state index is -0.515. The van der Waals surface area contributed by atoms with Gasteiger partial charge in [-0.15, -0.1) is 6.58 Å². The minimum Gasteiger partial charge on any atom is -0.490 e. The average molecular weight is 630 g/mol. The Hall–Kier alpha value is -3.71. The number of Topliss-reactive ketones (excluding diaryl/α,β-unsaturated/α-hetero) is 2. The fourth-order valence-electron chi connectivity index (χ4n) is 7.37. The lowest BCUT2D eigenvalue weighted by Crippen LogP contribution is -2.44. The number of nitrogens with zero attached hydrogens (tertiary/aromatic N) is 1. The van der Waals surface area contributed by atoms with Crippen molar-refractivity contribution >= 4 is 11.6 Å². The lowest BCUT2D eigenvalue weighted by molar-refractivity contribution is -0.119. The van der Waals surface area contributed by atoms with E-state index < -0.39 is 5.92 Å². The van der Waals surface area contributed by atoms with Crippen LogP contribution in [0.1, 0.15) is 89.3 Å². The molecule has 0 bridgehead atoms. The van der Waals surface area contributed by atoms with Gasteiger partial charge in [0.05, 0.1) is 6.61 Å². The topological polar surface area (TPSA) is 65.1 Å². The number of hydrogen-bond donors (Lipinski definition) is 0. The molecule has 1 heterocycles. The van der Waals surface area contributed by atoms with Crippen LogP contribution in [0, 0.1) is 16.6 Å². The first-order valence-electron chi connectivity index (χ1n) is 16.5. The summed E-state index contributed by atoms with van der Waals surface area (Å²) in [5.74, 6) is 0.337. The van der Waals surface area contributed by atoms with Crippen LogP contribution in [0.5, 0.6) is 11.5 Å². The van der Waals surface area contributed by atoms with Crippen LogP contribution in [-0.4, -0.2) is 43.3 Å². The number of hydrogen-bond acceptors (Lipinski definition) is 6. The summed E-state index contributed by atoms with van der Waals surface area (Å²) in [4.78, 5) is 30.8. The van der Waals surface area contributed by atoms with E-state index in [1.54, 1.807) is 31.4 Å². The van der Waals surface area contributed by atoms with Crippen molar-refractivity contribution in [1.82, 2.24) is 4.90 Å². The summed E-state index contributed by atoms with van der Waals surface area (Å²) in [7, 11) is 1.70. The number of ketones is 2. The molecule has 7 heteroatoms. The second-order valence-electron chi connectivity index (χ2n) is 14.3.